The second kappa shape index (κ2) is 10.4. The van der Waals surface area contributed by atoms with Gasteiger partial charge in [-0.3, -0.25) is 14.1 Å². The lowest BCUT2D eigenvalue weighted by molar-refractivity contribution is 0.102. The van der Waals surface area contributed by atoms with E-state index in [1.54, 1.807) is 42.6 Å². The van der Waals surface area contributed by atoms with Crippen LogP contribution in [0.25, 0.3) is 11.3 Å². The smallest absolute Gasteiger partial charge is 0.301 e. The van der Waals surface area contributed by atoms with Crippen LogP contribution in [0.4, 0.5) is 17.1 Å². The van der Waals surface area contributed by atoms with Gasteiger partial charge >= 0.3 is 10.2 Å². The summed E-state index contributed by atoms with van der Waals surface area (Å²) in [6, 6.07) is 15.7. The van der Waals surface area contributed by atoms with Gasteiger partial charge in [-0.15, -0.1) is 0 Å². The molecular formula is C25H26ClN5O4S. The topological polar surface area (TPSA) is 104 Å². The molecule has 3 aromatic rings. The first-order valence-corrected chi connectivity index (χ1v) is 13.5. The molecule has 1 aromatic heterocycles. The maximum absolute atomic E-state index is 12.9. The summed E-state index contributed by atoms with van der Waals surface area (Å²) in [5.41, 5.74) is 3.91. The molecule has 2 N–H and O–H groups in total. The number of ether oxygens (including phenoxy) is 1. The van der Waals surface area contributed by atoms with Gasteiger partial charge in [-0.2, -0.15) is 13.1 Å². The first kappa shape index (κ1) is 24.5. The standard InChI is InChI=1S/C25H26ClN5O4S/c26-22-9-6-19(17-21(22)24-23(3-1-10-27-24)30-13-15-35-16-14-30)29-25(32)18-4-7-20(8-5-18)31-12-2-11-28-36(31,33)34/h1,3-10,17,28H,2,11-16H2,(H,29,32). The van der Waals surface area contributed by atoms with E-state index >= 15 is 0 Å². The number of benzene rings is 2. The molecule has 0 spiro atoms. The van der Waals surface area contributed by atoms with E-state index in [-0.39, 0.29) is 5.91 Å². The number of nitrogens with zero attached hydrogens (tertiary/aromatic N) is 3. The number of carbonyl (C=O) groups is 1. The Bertz CT molecular complexity index is 1360. The summed E-state index contributed by atoms with van der Waals surface area (Å²) in [6.45, 7) is 3.65. The third kappa shape index (κ3) is 5.17. The summed E-state index contributed by atoms with van der Waals surface area (Å²) in [5.74, 6) is -0.316. The summed E-state index contributed by atoms with van der Waals surface area (Å²) < 4.78 is 33.8. The van der Waals surface area contributed by atoms with Crippen molar-refractivity contribution in [2.45, 2.75) is 6.42 Å². The average Bonchev–Trinajstić information content (AvgIpc) is 2.90. The van der Waals surface area contributed by atoms with Crippen LogP contribution >= 0.6 is 11.6 Å². The fourth-order valence-electron chi connectivity index (χ4n) is 4.32. The molecule has 5 rings (SSSR count). The number of rotatable bonds is 5. The highest BCUT2D eigenvalue weighted by Crippen LogP contribution is 2.36. The van der Waals surface area contributed by atoms with Gasteiger partial charge in [-0.1, -0.05) is 11.6 Å². The molecule has 2 aromatic carbocycles. The minimum absolute atomic E-state index is 0.316. The normalized spacial score (nSPS) is 17.6. The van der Waals surface area contributed by atoms with Crippen LogP contribution in [-0.4, -0.2) is 58.7 Å². The van der Waals surface area contributed by atoms with Gasteiger partial charge in [0, 0.05) is 49.2 Å². The molecule has 0 radical (unpaired) electrons. The number of aromatic nitrogens is 1. The number of pyridine rings is 1. The summed E-state index contributed by atoms with van der Waals surface area (Å²) in [5, 5.41) is 3.44. The van der Waals surface area contributed by atoms with Gasteiger partial charge in [0.2, 0.25) is 0 Å². The number of amides is 1. The molecule has 0 atom stereocenters. The second-order valence-corrected chi connectivity index (χ2v) is 10.6. The molecule has 11 heteroatoms. The number of anilines is 3. The molecule has 0 saturated carbocycles. The third-order valence-corrected chi connectivity index (χ3v) is 8.02. The van der Waals surface area contributed by atoms with Gasteiger partial charge < -0.3 is 15.0 Å². The maximum atomic E-state index is 12.9. The van der Waals surface area contributed by atoms with Crippen LogP contribution in [0.5, 0.6) is 0 Å². The van der Waals surface area contributed by atoms with Gasteiger partial charge in [0.15, 0.2) is 0 Å². The maximum Gasteiger partial charge on any atom is 0.301 e. The zero-order chi connectivity index (χ0) is 25.1. The van der Waals surface area contributed by atoms with Crippen molar-refractivity contribution in [3.8, 4) is 11.3 Å². The van der Waals surface area contributed by atoms with E-state index in [0.29, 0.717) is 54.7 Å². The van der Waals surface area contributed by atoms with Crippen LogP contribution in [0.1, 0.15) is 16.8 Å². The lowest BCUT2D eigenvalue weighted by Gasteiger charge is -2.30. The molecule has 2 aliphatic heterocycles. The second-order valence-electron chi connectivity index (χ2n) is 8.49. The Morgan fingerprint density at radius 3 is 2.58 bits per heavy atom. The molecule has 1 amide bonds. The van der Waals surface area contributed by atoms with Gasteiger partial charge in [-0.25, -0.2) is 0 Å². The minimum atomic E-state index is -3.55. The zero-order valence-corrected chi connectivity index (χ0v) is 21.1. The summed E-state index contributed by atoms with van der Waals surface area (Å²) >= 11 is 6.55. The summed E-state index contributed by atoms with van der Waals surface area (Å²) in [4.78, 5) is 19.8. The van der Waals surface area contributed by atoms with E-state index in [1.807, 2.05) is 18.2 Å². The van der Waals surface area contributed by atoms with Crippen molar-refractivity contribution < 1.29 is 17.9 Å². The quantitative estimate of drug-likeness (QED) is 0.526. The number of halogens is 1. The van der Waals surface area contributed by atoms with Crippen LogP contribution in [0.15, 0.2) is 60.8 Å². The van der Waals surface area contributed by atoms with Crippen LogP contribution in [0.2, 0.25) is 5.02 Å². The van der Waals surface area contributed by atoms with Crippen LogP contribution in [0.3, 0.4) is 0 Å². The SMILES string of the molecule is O=C(Nc1ccc(Cl)c(-c2ncccc2N2CCOCC2)c1)c1ccc(N2CCCNS2(=O)=O)cc1. The number of carbonyl (C=O) groups excluding carboxylic acids is 1. The fraction of sp³-hybridized carbons (Fsp3) is 0.280. The number of morpholine rings is 1. The van der Waals surface area contributed by atoms with E-state index in [4.69, 9.17) is 16.3 Å². The highest BCUT2D eigenvalue weighted by molar-refractivity contribution is 7.90. The Kier molecular flexibility index (Phi) is 7.10. The van der Waals surface area contributed by atoms with Crippen molar-refractivity contribution in [3.05, 3.63) is 71.4 Å². The van der Waals surface area contributed by atoms with Crippen molar-refractivity contribution in [1.29, 1.82) is 0 Å². The Balaban J connectivity index is 1.36. The van der Waals surface area contributed by atoms with Crippen molar-refractivity contribution in [3.63, 3.8) is 0 Å². The lowest BCUT2D eigenvalue weighted by Crippen LogP contribution is -2.47. The van der Waals surface area contributed by atoms with Crippen LogP contribution in [-0.2, 0) is 14.9 Å². The number of nitrogens with one attached hydrogen (secondary N) is 2. The van der Waals surface area contributed by atoms with Crippen LogP contribution in [0, 0.1) is 0 Å². The largest absolute Gasteiger partial charge is 0.378 e. The third-order valence-electron chi connectivity index (χ3n) is 6.15. The predicted octanol–water partition coefficient (Wildman–Crippen LogP) is 3.54. The Morgan fingerprint density at radius 1 is 1.06 bits per heavy atom. The molecule has 2 fully saturated rings. The van der Waals surface area contributed by atoms with E-state index in [2.05, 4.69) is 19.9 Å². The van der Waals surface area contributed by atoms with E-state index in [0.717, 1.165) is 30.0 Å². The first-order chi connectivity index (χ1) is 17.4. The highest BCUT2D eigenvalue weighted by atomic mass is 35.5. The van der Waals surface area contributed by atoms with Gasteiger partial charge in [0.25, 0.3) is 5.91 Å². The predicted molar refractivity (Wildman–Crippen MR) is 141 cm³/mol. The lowest BCUT2D eigenvalue weighted by atomic mass is 10.1. The van der Waals surface area contributed by atoms with Gasteiger partial charge in [-0.05, 0) is 61.0 Å². The molecule has 0 aliphatic carbocycles. The molecular weight excluding hydrogens is 502 g/mol. The van der Waals surface area contributed by atoms with E-state index in [1.165, 1.54) is 4.31 Å². The molecule has 3 heterocycles. The Hall–Kier alpha value is -3.18. The molecule has 36 heavy (non-hydrogen) atoms. The van der Waals surface area contributed by atoms with Crippen molar-refractivity contribution >= 4 is 44.8 Å². The average molecular weight is 528 g/mol. The zero-order valence-electron chi connectivity index (χ0n) is 19.5. The molecule has 2 aliphatic rings. The number of hydrogen-bond donors (Lipinski definition) is 2. The van der Waals surface area contributed by atoms with E-state index in [9.17, 15) is 13.2 Å². The fourth-order valence-corrected chi connectivity index (χ4v) is 5.85. The van der Waals surface area contributed by atoms with Gasteiger partial charge in [0.05, 0.1) is 35.3 Å². The minimum Gasteiger partial charge on any atom is -0.378 e. The van der Waals surface area contributed by atoms with Gasteiger partial charge in [0.1, 0.15) is 0 Å². The van der Waals surface area contributed by atoms with E-state index < -0.39 is 10.2 Å². The molecule has 9 nitrogen and oxygen atoms in total. The summed E-state index contributed by atoms with van der Waals surface area (Å²) in [7, 11) is -3.55. The monoisotopic (exact) mass is 527 g/mol. The van der Waals surface area contributed by atoms with Crippen molar-refractivity contribution in [2.24, 2.45) is 0 Å². The Labute approximate surface area is 215 Å². The number of hydrogen-bond acceptors (Lipinski definition) is 6. The Morgan fingerprint density at radius 2 is 1.83 bits per heavy atom. The highest BCUT2D eigenvalue weighted by Gasteiger charge is 2.25. The first-order valence-electron chi connectivity index (χ1n) is 11.7. The summed E-state index contributed by atoms with van der Waals surface area (Å²) in [6.07, 6.45) is 2.43. The van der Waals surface area contributed by atoms with Crippen LogP contribution < -0.4 is 19.2 Å². The van der Waals surface area contributed by atoms with Crippen molar-refractivity contribution in [1.82, 2.24) is 9.71 Å². The molecule has 188 valence electrons. The molecule has 0 bridgehead atoms. The van der Waals surface area contributed by atoms with Crippen molar-refractivity contribution in [2.75, 3.05) is 53.9 Å². The molecule has 0 unspecified atom stereocenters. The molecule has 2 saturated heterocycles.